The molecule has 4 nitrogen and oxygen atoms in total. The molecule has 0 amide bonds. The number of esters is 1. The number of hydrogen-bond donors (Lipinski definition) is 1. The predicted octanol–water partition coefficient (Wildman–Crippen LogP) is 2.17. The Morgan fingerprint density at radius 1 is 1.44 bits per heavy atom. The van der Waals surface area contributed by atoms with Crippen LogP contribution in [-0.2, 0) is 14.3 Å². The van der Waals surface area contributed by atoms with Crippen LogP contribution in [0.3, 0.4) is 0 Å². The Hall–Kier alpha value is -0.710. The molecule has 0 aliphatic heterocycles. The van der Waals surface area contributed by atoms with E-state index in [4.69, 9.17) is 9.84 Å². The Labute approximate surface area is 101 Å². The smallest absolute Gasteiger partial charge is 0.319 e. The summed E-state index contributed by atoms with van der Waals surface area (Å²) in [6.07, 6.45) is 0.534. The van der Waals surface area contributed by atoms with Gasteiger partial charge in [-0.2, -0.15) is 0 Å². The molecule has 1 N–H and O–H groups in total. The Balaban J connectivity index is 4.34. The van der Waals surface area contributed by atoms with Crippen LogP contribution in [0.25, 0.3) is 0 Å². The van der Waals surface area contributed by atoms with Gasteiger partial charge < -0.3 is 9.84 Å². The van der Waals surface area contributed by atoms with E-state index in [1.165, 1.54) is 0 Å². The standard InChI is InChI=1S/C11H20O4S/c1-5-15-9(12)7-16-11(4,10(13)14)6-8(2)3/h8H,5-7H2,1-4H3,(H,13,14). The minimum atomic E-state index is -0.916. The molecule has 0 radical (unpaired) electrons. The third-order valence-corrected chi connectivity index (χ3v) is 3.42. The summed E-state index contributed by atoms with van der Waals surface area (Å²) in [5.41, 5.74) is 0. The minimum Gasteiger partial charge on any atom is -0.480 e. The van der Waals surface area contributed by atoms with Gasteiger partial charge in [-0.3, -0.25) is 9.59 Å². The second-order valence-corrected chi connectivity index (χ2v) is 5.71. The highest BCUT2D eigenvalue weighted by Crippen LogP contribution is 2.32. The van der Waals surface area contributed by atoms with E-state index in [9.17, 15) is 9.59 Å². The molecule has 94 valence electrons. The molecular weight excluding hydrogens is 228 g/mol. The highest BCUT2D eigenvalue weighted by Gasteiger charge is 2.35. The lowest BCUT2D eigenvalue weighted by molar-refractivity contribution is -0.139. The van der Waals surface area contributed by atoms with Crippen LogP contribution in [-0.4, -0.2) is 34.2 Å². The van der Waals surface area contributed by atoms with Gasteiger partial charge in [0, 0.05) is 0 Å². The molecule has 0 heterocycles. The van der Waals surface area contributed by atoms with Gasteiger partial charge in [0.2, 0.25) is 0 Å². The maximum atomic E-state index is 11.2. The quantitative estimate of drug-likeness (QED) is 0.700. The number of carboxylic acids is 1. The molecule has 1 unspecified atom stereocenters. The van der Waals surface area contributed by atoms with Crippen LogP contribution < -0.4 is 0 Å². The fraction of sp³-hybridized carbons (Fsp3) is 0.818. The Bertz CT molecular complexity index is 252. The summed E-state index contributed by atoms with van der Waals surface area (Å²) in [6.45, 7) is 7.64. The molecule has 16 heavy (non-hydrogen) atoms. The van der Waals surface area contributed by atoms with Crippen LogP contribution in [0.1, 0.15) is 34.1 Å². The first-order chi connectivity index (χ1) is 7.31. The maximum absolute atomic E-state index is 11.2. The van der Waals surface area contributed by atoms with E-state index < -0.39 is 10.7 Å². The zero-order valence-electron chi connectivity index (χ0n) is 10.3. The number of aliphatic carboxylic acids is 1. The van der Waals surface area contributed by atoms with Crippen molar-refractivity contribution in [2.45, 2.75) is 38.9 Å². The molecule has 0 saturated heterocycles. The van der Waals surface area contributed by atoms with Gasteiger partial charge in [0.05, 0.1) is 12.4 Å². The third kappa shape index (κ3) is 5.39. The first kappa shape index (κ1) is 15.3. The lowest BCUT2D eigenvalue weighted by Crippen LogP contribution is -2.34. The molecule has 0 aromatic heterocycles. The molecule has 0 aromatic carbocycles. The van der Waals surface area contributed by atoms with Crippen molar-refractivity contribution in [2.75, 3.05) is 12.4 Å². The summed E-state index contributed by atoms with van der Waals surface area (Å²) in [7, 11) is 0. The minimum absolute atomic E-state index is 0.0867. The van der Waals surface area contributed by atoms with Crippen molar-refractivity contribution in [3.8, 4) is 0 Å². The summed E-state index contributed by atoms with van der Waals surface area (Å²) >= 11 is 1.13. The number of hydrogen-bond acceptors (Lipinski definition) is 4. The summed E-state index contributed by atoms with van der Waals surface area (Å²) in [5, 5.41) is 9.15. The monoisotopic (exact) mass is 248 g/mol. The molecule has 0 bridgehead atoms. The summed E-state index contributed by atoms with van der Waals surface area (Å²) in [6, 6.07) is 0. The molecule has 5 heteroatoms. The van der Waals surface area contributed by atoms with E-state index >= 15 is 0 Å². The predicted molar refractivity (Wildman–Crippen MR) is 64.6 cm³/mol. The molecule has 0 aliphatic rings. The molecule has 1 atom stereocenters. The number of carboxylic acid groups (broad SMARTS) is 1. The second-order valence-electron chi connectivity index (χ2n) is 4.23. The number of ether oxygens (including phenoxy) is 1. The number of carbonyl (C=O) groups excluding carboxylic acids is 1. The van der Waals surface area contributed by atoms with Crippen molar-refractivity contribution in [3.63, 3.8) is 0 Å². The van der Waals surface area contributed by atoms with Crippen molar-refractivity contribution in [1.29, 1.82) is 0 Å². The maximum Gasteiger partial charge on any atom is 0.319 e. The number of thioether (sulfide) groups is 1. The van der Waals surface area contributed by atoms with E-state index in [0.29, 0.717) is 13.0 Å². The van der Waals surface area contributed by atoms with Gasteiger partial charge in [-0.15, -0.1) is 11.8 Å². The lowest BCUT2D eigenvalue weighted by Gasteiger charge is -2.25. The van der Waals surface area contributed by atoms with Crippen molar-refractivity contribution in [1.82, 2.24) is 0 Å². The van der Waals surface area contributed by atoms with Gasteiger partial charge in [0.1, 0.15) is 4.75 Å². The summed E-state index contributed by atoms with van der Waals surface area (Å²) < 4.78 is 3.85. The van der Waals surface area contributed by atoms with Crippen molar-refractivity contribution < 1.29 is 19.4 Å². The highest BCUT2D eigenvalue weighted by atomic mass is 32.2. The van der Waals surface area contributed by atoms with E-state index in [-0.39, 0.29) is 17.6 Å². The molecule has 0 aliphatic carbocycles. The number of rotatable bonds is 7. The fourth-order valence-electron chi connectivity index (χ4n) is 1.41. The van der Waals surface area contributed by atoms with Crippen LogP contribution in [0.2, 0.25) is 0 Å². The summed E-state index contributed by atoms with van der Waals surface area (Å²) in [4.78, 5) is 22.3. The van der Waals surface area contributed by atoms with E-state index in [0.717, 1.165) is 11.8 Å². The van der Waals surface area contributed by atoms with Gasteiger partial charge in [-0.05, 0) is 26.2 Å². The molecule has 0 aromatic rings. The van der Waals surface area contributed by atoms with E-state index in [2.05, 4.69) is 0 Å². The molecule has 0 spiro atoms. The Morgan fingerprint density at radius 3 is 2.38 bits per heavy atom. The summed E-state index contributed by atoms with van der Waals surface area (Å²) in [5.74, 6) is -0.876. The van der Waals surface area contributed by atoms with Crippen LogP contribution >= 0.6 is 11.8 Å². The van der Waals surface area contributed by atoms with Crippen molar-refractivity contribution in [3.05, 3.63) is 0 Å². The van der Waals surface area contributed by atoms with Crippen LogP contribution in [0, 0.1) is 5.92 Å². The first-order valence-electron chi connectivity index (χ1n) is 5.34. The topological polar surface area (TPSA) is 63.6 Å². The molecule has 0 rings (SSSR count). The lowest BCUT2D eigenvalue weighted by atomic mass is 9.98. The second kappa shape index (κ2) is 6.78. The van der Waals surface area contributed by atoms with E-state index in [1.807, 2.05) is 13.8 Å². The average Bonchev–Trinajstić information content (AvgIpc) is 2.14. The first-order valence-corrected chi connectivity index (χ1v) is 6.33. The van der Waals surface area contributed by atoms with Gasteiger partial charge >= 0.3 is 11.9 Å². The molecule has 0 saturated carbocycles. The molecule has 0 fully saturated rings. The van der Waals surface area contributed by atoms with Crippen LogP contribution in [0.4, 0.5) is 0 Å². The largest absolute Gasteiger partial charge is 0.480 e. The fourth-order valence-corrected chi connectivity index (χ4v) is 2.50. The SMILES string of the molecule is CCOC(=O)CSC(C)(CC(C)C)C(=O)O. The van der Waals surface area contributed by atoms with Crippen LogP contribution in [0.15, 0.2) is 0 Å². The zero-order valence-corrected chi connectivity index (χ0v) is 11.1. The van der Waals surface area contributed by atoms with Gasteiger partial charge in [0.25, 0.3) is 0 Å². The Morgan fingerprint density at radius 2 is 2.00 bits per heavy atom. The Kier molecular flexibility index (Phi) is 6.48. The third-order valence-electron chi connectivity index (χ3n) is 2.06. The van der Waals surface area contributed by atoms with Crippen molar-refractivity contribution >= 4 is 23.7 Å². The van der Waals surface area contributed by atoms with Gasteiger partial charge in [-0.1, -0.05) is 13.8 Å². The zero-order chi connectivity index (χ0) is 12.8. The van der Waals surface area contributed by atoms with Gasteiger partial charge in [0.15, 0.2) is 0 Å². The van der Waals surface area contributed by atoms with E-state index in [1.54, 1.807) is 13.8 Å². The van der Waals surface area contributed by atoms with Gasteiger partial charge in [-0.25, -0.2) is 0 Å². The highest BCUT2D eigenvalue weighted by molar-refractivity contribution is 8.02. The van der Waals surface area contributed by atoms with Crippen LogP contribution in [0.5, 0.6) is 0 Å². The average molecular weight is 248 g/mol. The molecular formula is C11H20O4S. The van der Waals surface area contributed by atoms with Crippen molar-refractivity contribution in [2.24, 2.45) is 5.92 Å². The normalized spacial score (nSPS) is 14.6. The number of carbonyl (C=O) groups is 2.